The van der Waals surface area contributed by atoms with Crippen molar-refractivity contribution in [3.8, 4) is 11.4 Å². The van der Waals surface area contributed by atoms with Gasteiger partial charge < -0.3 is 10.3 Å². The van der Waals surface area contributed by atoms with Gasteiger partial charge in [-0.25, -0.2) is 0 Å². The van der Waals surface area contributed by atoms with Gasteiger partial charge in [0.15, 0.2) is 5.82 Å². The molecule has 0 radical (unpaired) electrons. The van der Waals surface area contributed by atoms with E-state index in [-0.39, 0.29) is 36.0 Å². The number of rotatable bonds is 6. The highest BCUT2D eigenvalue weighted by atomic mass is 16.1. The fourth-order valence-corrected chi connectivity index (χ4v) is 1.93. The average molecular weight is 300 g/mol. The number of benzene rings is 1. The Morgan fingerprint density at radius 3 is 2.64 bits per heavy atom. The third-order valence-electron chi connectivity index (χ3n) is 3.42. The lowest BCUT2D eigenvalue weighted by atomic mass is 10.2. The summed E-state index contributed by atoms with van der Waals surface area (Å²) in [5.41, 5.74) is 0.775. The fraction of sp³-hybridized carbons (Fsp3) is 0.375. The third kappa shape index (κ3) is 4.25. The van der Waals surface area contributed by atoms with Crippen molar-refractivity contribution in [2.24, 2.45) is 0 Å². The molecule has 0 aliphatic rings. The van der Waals surface area contributed by atoms with E-state index >= 15 is 0 Å². The van der Waals surface area contributed by atoms with Crippen LogP contribution in [0.25, 0.3) is 11.4 Å². The van der Waals surface area contributed by atoms with Crippen molar-refractivity contribution >= 4 is 5.91 Å². The zero-order chi connectivity index (χ0) is 15.9. The molecule has 6 heteroatoms. The first-order valence-electron chi connectivity index (χ1n) is 7.40. The number of H-pyrrole nitrogens is 1. The van der Waals surface area contributed by atoms with E-state index in [4.69, 9.17) is 0 Å². The van der Waals surface area contributed by atoms with E-state index in [0.29, 0.717) is 5.82 Å². The van der Waals surface area contributed by atoms with Crippen LogP contribution in [0.5, 0.6) is 0 Å². The molecule has 0 fully saturated rings. The zero-order valence-corrected chi connectivity index (χ0v) is 12.8. The number of carbonyl (C=O) groups excluding carboxylic acids is 1. The van der Waals surface area contributed by atoms with Crippen molar-refractivity contribution in [2.45, 2.75) is 39.2 Å². The minimum atomic E-state index is -0.301. The van der Waals surface area contributed by atoms with Crippen LogP contribution in [0.3, 0.4) is 0 Å². The third-order valence-corrected chi connectivity index (χ3v) is 3.42. The van der Waals surface area contributed by atoms with Gasteiger partial charge in [0.1, 0.15) is 5.69 Å². The Kier molecular flexibility index (Phi) is 5.41. The van der Waals surface area contributed by atoms with E-state index in [1.807, 2.05) is 44.2 Å². The Morgan fingerprint density at radius 1 is 1.27 bits per heavy atom. The number of nitrogens with one attached hydrogen (secondary N) is 2. The molecule has 0 bridgehead atoms. The van der Waals surface area contributed by atoms with Gasteiger partial charge in [-0.1, -0.05) is 37.3 Å². The van der Waals surface area contributed by atoms with Crippen LogP contribution < -0.4 is 10.9 Å². The Hall–Kier alpha value is -2.50. The highest BCUT2D eigenvalue weighted by Gasteiger charge is 2.10. The van der Waals surface area contributed by atoms with Crippen LogP contribution in [0.15, 0.2) is 35.1 Å². The van der Waals surface area contributed by atoms with Crippen LogP contribution >= 0.6 is 0 Å². The van der Waals surface area contributed by atoms with Crippen molar-refractivity contribution in [3.05, 3.63) is 46.4 Å². The molecular weight excluding hydrogens is 280 g/mol. The molecule has 1 unspecified atom stereocenters. The fourth-order valence-electron chi connectivity index (χ4n) is 1.93. The minimum Gasteiger partial charge on any atom is -0.354 e. The van der Waals surface area contributed by atoms with Crippen LogP contribution in [0.2, 0.25) is 0 Å². The quantitative estimate of drug-likeness (QED) is 0.849. The SMILES string of the molecule is CCC(C)NC(=O)CCc1nnc(-c2ccccc2)[nH]c1=O. The maximum atomic E-state index is 12.0. The number of aryl methyl sites for hydroxylation is 1. The summed E-state index contributed by atoms with van der Waals surface area (Å²) < 4.78 is 0. The van der Waals surface area contributed by atoms with Gasteiger partial charge in [-0.05, 0) is 13.3 Å². The molecule has 1 heterocycles. The topological polar surface area (TPSA) is 87.7 Å². The number of hydrogen-bond donors (Lipinski definition) is 2. The lowest BCUT2D eigenvalue weighted by molar-refractivity contribution is -0.121. The predicted molar refractivity (Wildman–Crippen MR) is 84.3 cm³/mol. The van der Waals surface area contributed by atoms with Crippen LogP contribution in [-0.4, -0.2) is 27.1 Å². The molecular formula is C16H20N4O2. The average Bonchev–Trinajstić information content (AvgIpc) is 2.54. The van der Waals surface area contributed by atoms with E-state index in [0.717, 1.165) is 12.0 Å². The number of aromatic nitrogens is 3. The van der Waals surface area contributed by atoms with Gasteiger partial charge in [0.2, 0.25) is 5.91 Å². The molecule has 2 aromatic rings. The van der Waals surface area contributed by atoms with E-state index in [1.165, 1.54) is 0 Å². The molecule has 0 aliphatic carbocycles. The van der Waals surface area contributed by atoms with Gasteiger partial charge in [0.05, 0.1) is 0 Å². The molecule has 22 heavy (non-hydrogen) atoms. The maximum Gasteiger partial charge on any atom is 0.273 e. The summed E-state index contributed by atoms with van der Waals surface area (Å²) in [7, 11) is 0. The maximum absolute atomic E-state index is 12.0. The molecule has 0 spiro atoms. The van der Waals surface area contributed by atoms with Crippen molar-refractivity contribution in [2.75, 3.05) is 0 Å². The Morgan fingerprint density at radius 2 is 2.00 bits per heavy atom. The lowest BCUT2D eigenvalue weighted by Gasteiger charge is -2.10. The number of carbonyl (C=O) groups is 1. The highest BCUT2D eigenvalue weighted by Crippen LogP contribution is 2.10. The zero-order valence-electron chi connectivity index (χ0n) is 12.8. The van der Waals surface area contributed by atoms with Crippen LogP contribution in [0.4, 0.5) is 0 Å². The predicted octanol–water partition coefficient (Wildman–Crippen LogP) is 1.68. The monoisotopic (exact) mass is 300 g/mol. The molecule has 0 saturated carbocycles. The molecule has 116 valence electrons. The molecule has 2 N–H and O–H groups in total. The Bertz CT molecular complexity index is 682. The normalized spacial score (nSPS) is 11.9. The smallest absolute Gasteiger partial charge is 0.273 e. The van der Waals surface area contributed by atoms with E-state index < -0.39 is 0 Å². The van der Waals surface area contributed by atoms with E-state index in [9.17, 15) is 9.59 Å². The van der Waals surface area contributed by atoms with Crippen LogP contribution in [-0.2, 0) is 11.2 Å². The van der Waals surface area contributed by atoms with Gasteiger partial charge in [-0.15, -0.1) is 10.2 Å². The second-order valence-electron chi connectivity index (χ2n) is 5.19. The molecule has 1 atom stereocenters. The lowest BCUT2D eigenvalue weighted by Crippen LogP contribution is -2.32. The van der Waals surface area contributed by atoms with Crippen molar-refractivity contribution < 1.29 is 4.79 Å². The first-order chi connectivity index (χ1) is 10.6. The molecule has 6 nitrogen and oxygen atoms in total. The summed E-state index contributed by atoms with van der Waals surface area (Å²) in [6.07, 6.45) is 1.38. The molecule has 0 saturated heterocycles. The minimum absolute atomic E-state index is 0.0808. The summed E-state index contributed by atoms with van der Waals surface area (Å²) in [6.45, 7) is 3.95. The molecule has 1 aromatic heterocycles. The van der Waals surface area contributed by atoms with Crippen molar-refractivity contribution in [1.29, 1.82) is 0 Å². The number of aromatic amines is 1. The summed E-state index contributed by atoms with van der Waals surface area (Å²) in [4.78, 5) is 26.4. The first-order valence-corrected chi connectivity index (χ1v) is 7.40. The van der Waals surface area contributed by atoms with Gasteiger partial charge in [0.25, 0.3) is 5.56 Å². The van der Waals surface area contributed by atoms with Gasteiger partial charge in [0, 0.05) is 24.4 Å². The number of amides is 1. The highest BCUT2D eigenvalue weighted by molar-refractivity contribution is 5.76. The number of nitrogens with zero attached hydrogens (tertiary/aromatic N) is 2. The second kappa shape index (κ2) is 7.49. The van der Waals surface area contributed by atoms with E-state index in [2.05, 4.69) is 20.5 Å². The molecule has 1 aromatic carbocycles. The van der Waals surface area contributed by atoms with Crippen molar-refractivity contribution in [1.82, 2.24) is 20.5 Å². The molecule has 2 rings (SSSR count). The van der Waals surface area contributed by atoms with Gasteiger partial charge in [-0.2, -0.15) is 0 Å². The van der Waals surface area contributed by atoms with Crippen molar-refractivity contribution in [3.63, 3.8) is 0 Å². The van der Waals surface area contributed by atoms with Gasteiger partial charge in [-0.3, -0.25) is 9.59 Å². The Labute approximate surface area is 129 Å². The van der Waals surface area contributed by atoms with Crippen LogP contribution in [0, 0.1) is 0 Å². The first kappa shape index (κ1) is 15.9. The molecule has 0 aliphatic heterocycles. The second-order valence-corrected chi connectivity index (χ2v) is 5.19. The molecule has 1 amide bonds. The summed E-state index contributed by atoms with van der Waals surface area (Å²) >= 11 is 0. The van der Waals surface area contributed by atoms with Gasteiger partial charge >= 0.3 is 0 Å². The largest absolute Gasteiger partial charge is 0.354 e. The number of hydrogen-bond acceptors (Lipinski definition) is 4. The Balaban J connectivity index is 2.02. The summed E-state index contributed by atoms with van der Waals surface area (Å²) in [6, 6.07) is 9.44. The van der Waals surface area contributed by atoms with E-state index in [1.54, 1.807) is 0 Å². The summed E-state index contributed by atoms with van der Waals surface area (Å²) in [5, 5.41) is 10.8. The van der Waals surface area contributed by atoms with Crippen LogP contribution in [0.1, 0.15) is 32.4 Å². The standard InChI is InChI=1S/C16H20N4O2/c1-3-11(2)17-14(21)10-9-13-16(22)18-15(20-19-13)12-7-5-4-6-8-12/h4-8,11H,3,9-10H2,1-2H3,(H,17,21)(H,18,20,22). The summed E-state index contributed by atoms with van der Waals surface area (Å²) in [5.74, 6) is 0.348.